The zero-order chi connectivity index (χ0) is 19.1. The summed E-state index contributed by atoms with van der Waals surface area (Å²) in [5.41, 5.74) is 0.836. The van der Waals surface area contributed by atoms with E-state index in [0.717, 1.165) is 0 Å². The van der Waals surface area contributed by atoms with Crippen molar-refractivity contribution in [2.45, 2.75) is 20.5 Å². The van der Waals surface area contributed by atoms with Gasteiger partial charge in [0.05, 0.1) is 13.7 Å². The van der Waals surface area contributed by atoms with E-state index >= 15 is 0 Å². The van der Waals surface area contributed by atoms with E-state index in [1.54, 1.807) is 18.2 Å². The number of rotatable bonds is 8. The fourth-order valence-corrected chi connectivity index (χ4v) is 2.11. The van der Waals surface area contributed by atoms with E-state index in [1.165, 1.54) is 31.4 Å². The van der Waals surface area contributed by atoms with E-state index in [9.17, 15) is 13.6 Å². The van der Waals surface area contributed by atoms with Crippen molar-refractivity contribution in [3.63, 3.8) is 0 Å². The number of methoxy groups -OCH3 is 1. The van der Waals surface area contributed by atoms with Gasteiger partial charge in [0, 0.05) is 11.3 Å². The van der Waals surface area contributed by atoms with Crippen molar-refractivity contribution in [2.24, 2.45) is 5.92 Å². The lowest BCUT2D eigenvalue weighted by Gasteiger charge is -2.13. The Hall–Kier alpha value is -2.83. The molecule has 2 rings (SSSR count). The number of carbonyl (C=O) groups is 1. The molecule has 2 aromatic carbocycles. The third-order valence-corrected chi connectivity index (χ3v) is 3.34. The standard InChI is InChI=1S/C19H21F2NO4/c1-12(2)11-25-16-9-4-13(10-17(16)24-3)18(23)22-14-5-7-15(8-6-14)26-19(20)21/h4-10,12,19H,11H2,1-3H3,(H,22,23). The smallest absolute Gasteiger partial charge is 0.387 e. The van der Waals surface area contributed by atoms with Crippen LogP contribution in [0.3, 0.4) is 0 Å². The molecule has 7 heteroatoms. The predicted molar refractivity (Wildman–Crippen MR) is 94.4 cm³/mol. The van der Waals surface area contributed by atoms with Crippen LogP contribution in [0.2, 0.25) is 0 Å². The van der Waals surface area contributed by atoms with Crippen LogP contribution >= 0.6 is 0 Å². The maximum Gasteiger partial charge on any atom is 0.387 e. The number of benzene rings is 2. The van der Waals surface area contributed by atoms with Gasteiger partial charge >= 0.3 is 6.61 Å². The van der Waals surface area contributed by atoms with Crippen molar-refractivity contribution in [1.82, 2.24) is 0 Å². The molecular formula is C19H21F2NO4. The molecule has 0 aliphatic rings. The lowest BCUT2D eigenvalue weighted by Crippen LogP contribution is -2.12. The predicted octanol–water partition coefficient (Wildman–Crippen LogP) is 4.58. The molecule has 26 heavy (non-hydrogen) atoms. The van der Waals surface area contributed by atoms with Crippen LogP contribution in [0.4, 0.5) is 14.5 Å². The molecule has 0 fully saturated rings. The molecule has 0 unspecified atom stereocenters. The fourth-order valence-electron chi connectivity index (χ4n) is 2.11. The first-order valence-electron chi connectivity index (χ1n) is 8.06. The van der Waals surface area contributed by atoms with E-state index in [1.807, 2.05) is 13.8 Å². The van der Waals surface area contributed by atoms with Crippen molar-refractivity contribution in [2.75, 3.05) is 19.0 Å². The molecule has 0 heterocycles. The summed E-state index contributed by atoms with van der Waals surface area (Å²) in [4.78, 5) is 12.4. The van der Waals surface area contributed by atoms with Crippen molar-refractivity contribution in [1.29, 1.82) is 0 Å². The molecule has 0 spiro atoms. The summed E-state index contributed by atoms with van der Waals surface area (Å²) >= 11 is 0. The molecule has 0 aromatic heterocycles. The summed E-state index contributed by atoms with van der Waals surface area (Å²) in [6, 6.07) is 10.5. The molecule has 2 aromatic rings. The first-order valence-corrected chi connectivity index (χ1v) is 8.06. The van der Waals surface area contributed by atoms with E-state index < -0.39 is 6.61 Å². The Morgan fingerprint density at radius 2 is 1.77 bits per heavy atom. The summed E-state index contributed by atoms with van der Waals surface area (Å²) in [6.07, 6.45) is 0. The highest BCUT2D eigenvalue weighted by molar-refractivity contribution is 6.04. The van der Waals surface area contributed by atoms with Crippen molar-refractivity contribution >= 4 is 11.6 Å². The Morgan fingerprint density at radius 3 is 2.35 bits per heavy atom. The molecule has 140 valence electrons. The van der Waals surface area contributed by atoms with Crippen LogP contribution in [0.25, 0.3) is 0 Å². The highest BCUT2D eigenvalue weighted by atomic mass is 19.3. The second-order valence-electron chi connectivity index (χ2n) is 5.93. The Balaban J connectivity index is 2.06. The summed E-state index contributed by atoms with van der Waals surface area (Å²) in [6.45, 7) is 1.71. The van der Waals surface area contributed by atoms with Gasteiger partial charge in [0.2, 0.25) is 0 Å². The fraction of sp³-hybridized carbons (Fsp3) is 0.316. The summed E-state index contributed by atoms with van der Waals surface area (Å²) in [5.74, 6) is 1.04. The van der Waals surface area contributed by atoms with Gasteiger partial charge < -0.3 is 19.5 Å². The Kier molecular flexibility index (Phi) is 6.77. The Labute approximate surface area is 150 Å². The van der Waals surface area contributed by atoms with Crippen LogP contribution < -0.4 is 19.5 Å². The largest absolute Gasteiger partial charge is 0.493 e. The van der Waals surface area contributed by atoms with E-state index in [-0.39, 0.29) is 11.7 Å². The van der Waals surface area contributed by atoms with E-state index in [4.69, 9.17) is 9.47 Å². The first-order chi connectivity index (χ1) is 12.4. The number of halogens is 2. The van der Waals surface area contributed by atoms with Gasteiger partial charge in [-0.05, 0) is 48.4 Å². The van der Waals surface area contributed by atoms with Gasteiger partial charge in [0.15, 0.2) is 11.5 Å². The minimum atomic E-state index is -2.89. The number of carbonyl (C=O) groups excluding carboxylic acids is 1. The SMILES string of the molecule is COc1cc(C(=O)Nc2ccc(OC(F)F)cc2)ccc1OCC(C)C. The van der Waals surface area contributed by atoms with Gasteiger partial charge in [-0.25, -0.2) is 0 Å². The van der Waals surface area contributed by atoms with Crippen LogP contribution in [-0.2, 0) is 0 Å². The summed E-state index contributed by atoms with van der Waals surface area (Å²) < 4.78 is 39.5. The minimum absolute atomic E-state index is 0.0197. The quantitative estimate of drug-likeness (QED) is 0.744. The molecule has 0 aliphatic carbocycles. The second kappa shape index (κ2) is 9.03. The zero-order valence-corrected chi connectivity index (χ0v) is 14.8. The maximum absolute atomic E-state index is 12.4. The number of hydrogen-bond donors (Lipinski definition) is 1. The lowest BCUT2D eigenvalue weighted by atomic mass is 10.1. The third-order valence-electron chi connectivity index (χ3n) is 3.34. The second-order valence-corrected chi connectivity index (χ2v) is 5.93. The molecule has 0 saturated heterocycles. The van der Waals surface area contributed by atoms with Crippen LogP contribution in [0.5, 0.6) is 17.2 Å². The Morgan fingerprint density at radius 1 is 1.08 bits per heavy atom. The number of anilines is 1. The average Bonchev–Trinajstić information content (AvgIpc) is 2.60. The molecule has 1 amide bonds. The third kappa shape index (κ3) is 5.61. The highest BCUT2D eigenvalue weighted by Crippen LogP contribution is 2.29. The van der Waals surface area contributed by atoms with Crippen LogP contribution in [0, 0.1) is 5.92 Å². The van der Waals surface area contributed by atoms with Crippen molar-refractivity contribution in [3.05, 3.63) is 48.0 Å². The van der Waals surface area contributed by atoms with Gasteiger partial charge in [-0.15, -0.1) is 0 Å². The molecule has 0 bridgehead atoms. The number of hydrogen-bond acceptors (Lipinski definition) is 4. The molecule has 0 saturated carbocycles. The molecule has 1 N–H and O–H groups in total. The number of ether oxygens (including phenoxy) is 3. The van der Waals surface area contributed by atoms with Crippen LogP contribution in [0.1, 0.15) is 24.2 Å². The zero-order valence-electron chi connectivity index (χ0n) is 14.8. The van der Waals surface area contributed by atoms with Gasteiger partial charge in [-0.1, -0.05) is 13.8 Å². The average molecular weight is 365 g/mol. The number of nitrogens with one attached hydrogen (secondary N) is 1. The normalized spacial score (nSPS) is 10.7. The molecule has 0 aliphatic heterocycles. The van der Waals surface area contributed by atoms with Crippen molar-refractivity contribution in [3.8, 4) is 17.2 Å². The molecule has 5 nitrogen and oxygen atoms in total. The van der Waals surface area contributed by atoms with Gasteiger partial charge in [-0.2, -0.15) is 8.78 Å². The van der Waals surface area contributed by atoms with E-state index in [2.05, 4.69) is 10.1 Å². The van der Waals surface area contributed by atoms with Crippen LogP contribution in [-0.4, -0.2) is 26.2 Å². The summed E-state index contributed by atoms with van der Waals surface area (Å²) in [7, 11) is 1.50. The van der Waals surface area contributed by atoms with Gasteiger partial charge in [-0.3, -0.25) is 4.79 Å². The van der Waals surface area contributed by atoms with Crippen LogP contribution in [0.15, 0.2) is 42.5 Å². The van der Waals surface area contributed by atoms with E-state index in [0.29, 0.717) is 35.3 Å². The van der Waals surface area contributed by atoms with Gasteiger partial charge in [0.25, 0.3) is 5.91 Å². The van der Waals surface area contributed by atoms with Crippen molar-refractivity contribution < 1.29 is 27.8 Å². The number of alkyl halides is 2. The monoisotopic (exact) mass is 365 g/mol. The topological polar surface area (TPSA) is 56.8 Å². The molecule has 0 radical (unpaired) electrons. The number of amides is 1. The summed E-state index contributed by atoms with van der Waals surface area (Å²) in [5, 5.41) is 2.68. The highest BCUT2D eigenvalue weighted by Gasteiger charge is 2.12. The first kappa shape index (κ1) is 19.5. The molecule has 0 atom stereocenters. The maximum atomic E-state index is 12.4. The Bertz CT molecular complexity index is 733. The van der Waals surface area contributed by atoms with Gasteiger partial charge in [0.1, 0.15) is 5.75 Å². The minimum Gasteiger partial charge on any atom is -0.493 e. The lowest BCUT2D eigenvalue weighted by molar-refractivity contribution is -0.0498. The molecular weight excluding hydrogens is 344 g/mol.